The van der Waals surface area contributed by atoms with Gasteiger partial charge in [-0.2, -0.15) is 0 Å². The van der Waals surface area contributed by atoms with E-state index >= 15 is 0 Å². The summed E-state index contributed by atoms with van der Waals surface area (Å²) in [5.74, 6) is 0.875. The number of benzene rings is 1. The molecule has 0 bridgehead atoms. The number of hydrogen-bond acceptors (Lipinski definition) is 3. The Hall–Kier alpha value is -1.10. The molecule has 2 atom stereocenters. The summed E-state index contributed by atoms with van der Waals surface area (Å²) >= 11 is 5.95. The summed E-state index contributed by atoms with van der Waals surface area (Å²) in [7, 11) is 0. The molecule has 0 spiro atoms. The second-order valence-corrected chi connectivity index (χ2v) is 5.22. The largest absolute Gasteiger partial charge is 0.379 e. The standard InChI is InChI=1S/C12H14ClN3O/c1-12(6-17-5-10(12)14)11-15-8-3-2-7(13)4-9(8)16-11/h2-4,10H,5-6,14H2,1H3,(H,15,16). The molecule has 1 aromatic carbocycles. The molecule has 2 aromatic rings. The highest BCUT2D eigenvalue weighted by Gasteiger charge is 2.41. The Labute approximate surface area is 104 Å². The van der Waals surface area contributed by atoms with Crippen molar-refractivity contribution in [3.05, 3.63) is 29.0 Å². The zero-order valence-corrected chi connectivity index (χ0v) is 10.3. The van der Waals surface area contributed by atoms with E-state index in [-0.39, 0.29) is 11.5 Å². The van der Waals surface area contributed by atoms with Crippen molar-refractivity contribution in [1.82, 2.24) is 9.97 Å². The third kappa shape index (κ3) is 1.64. The van der Waals surface area contributed by atoms with Crippen molar-refractivity contribution >= 4 is 22.6 Å². The van der Waals surface area contributed by atoms with E-state index < -0.39 is 0 Å². The lowest BCUT2D eigenvalue weighted by molar-refractivity contribution is 0.178. The lowest BCUT2D eigenvalue weighted by Gasteiger charge is -2.23. The van der Waals surface area contributed by atoms with Gasteiger partial charge in [0.2, 0.25) is 0 Å². The fourth-order valence-corrected chi connectivity index (χ4v) is 2.36. The number of rotatable bonds is 1. The number of hydrogen-bond donors (Lipinski definition) is 2. The van der Waals surface area contributed by atoms with E-state index in [1.165, 1.54) is 0 Å². The van der Waals surface area contributed by atoms with E-state index in [0.29, 0.717) is 18.2 Å². The molecule has 0 amide bonds. The Morgan fingerprint density at radius 2 is 2.41 bits per heavy atom. The number of fused-ring (bicyclic) bond motifs is 1. The average molecular weight is 252 g/mol. The van der Waals surface area contributed by atoms with Gasteiger partial charge in [-0.3, -0.25) is 0 Å². The Balaban J connectivity index is 2.12. The summed E-state index contributed by atoms with van der Waals surface area (Å²) < 4.78 is 5.44. The first kappa shape index (κ1) is 11.0. The predicted octanol–water partition coefficient (Wildman–Crippen LogP) is 1.83. The second kappa shape index (κ2) is 3.70. The summed E-state index contributed by atoms with van der Waals surface area (Å²) in [5, 5.41) is 0.699. The molecule has 3 rings (SSSR count). The van der Waals surface area contributed by atoms with Crippen LogP contribution in [-0.2, 0) is 10.2 Å². The van der Waals surface area contributed by atoms with E-state index in [1.54, 1.807) is 0 Å². The summed E-state index contributed by atoms with van der Waals surface area (Å²) in [4.78, 5) is 7.88. The summed E-state index contributed by atoms with van der Waals surface area (Å²) in [5.41, 5.74) is 7.69. The highest BCUT2D eigenvalue weighted by atomic mass is 35.5. The van der Waals surface area contributed by atoms with Gasteiger partial charge in [-0.05, 0) is 25.1 Å². The molecule has 4 nitrogen and oxygen atoms in total. The van der Waals surface area contributed by atoms with Crippen molar-refractivity contribution in [3.8, 4) is 0 Å². The molecule has 90 valence electrons. The fraction of sp³-hybridized carbons (Fsp3) is 0.417. The number of nitrogens with two attached hydrogens (primary N) is 1. The summed E-state index contributed by atoms with van der Waals surface area (Å²) in [6, 6.07) is 5.58. The normalized spacial score (nSPS) is 29.0. The Kier molecular flexibility index (Phi) is 2.40. The van der Waals surface area contributed by atoms with E-state index in [9.17, 15) is 0 Å². The van der Waals surface area contributed by atoms with Crippen LogP contribution in [0.2, 0.25) is 5.02 Å². The van der Waals surface area contributed by atoms with Gasteiger partial charge in [0.1, 0.15) is 5.82 Å². The van der Waals surface area contributed by atoms with E-state index in [4.69, 9.17) is 22.1 Å². The minimum atomic E-state index is -0.245. The Morgan fingerprint density at radius 3 is 3.12 bits per heavy atom. The minimum Gasteiger partial charge on any atom is -0.379 e. The van der Waals surface area contributed by atoms with Crippen LogP contribution in [0, 0.1) is 0 Å². The van der Waals surface area contributed by atoms with Crippen LogP contribution in [0.1, 0.15) is 12.7 Å². The van der Waals surface area contributed by atoms with Gasteiger partial charge in [-0.1, -0.05) is 11.6 Å². The number of nitrogens with one attached hydrogen (secondary N) is 1. The number of imidazole rings is 1. The smallest absolute Gasteiger partial charge is 0.117 e. The van der Waals surface area contributed by atoms with Crippen molar-refractivity contribution < 1.29 is 4.74 Å². The van der Waals surface area contributed by atoms with Crippen molar-refractivity contribution in [2.24, 2.45) is 5.73 Å². The molecular weight excluding hydrogens is 238 g/mol. The molecule has 2 unspecified atom stereocenters. The SMILES string of the molecule is CC1(c2nc3ccc(Cl)cc3[nH]2)COCC1N. The second-order valence-electron chi connectivity index (χ2n) is 4.79. The molecule has 0 radical (unpaired) electrons. The monoisotopic (exact) mass is 251 g/mol. The number of aromatic nitrogens is 2. The molecule has 2 heterocycles. The number of H-pyrrole nitrogens is 1. The Bertz CT molecular complexity index is 568. The minimum absolute atomic E-state index is 0.0291. The third-order valence-corrected chi connectivity index (χ3v) is 3.74. The molecule has 1 saturated heterocycles. The van der Waals surface area contributed by atoms with Gasteiger partial charge in [0.05, 0.1) is 29.7 Å². The average Bonchev–Trinajstić information content (AvgIpc) is 2.84. The van der Waals surface area contributed by atoms with Crippen LogP contribution in [0.5, 0.6) is 0 Å². The van der Waals surface area contributed by atoms with Crippen LogP contribution < -0.4 is 5.73 Å². The maximum atomic E-state index is 6.09. The molecule has 17 heavy (non-hydrogen) atoms. The number of aromatic amines is 1. The topological polar surface area (TPSA) is 63.9 Å². The molecule has 0 saturated carbocycles. The van der Waals surface area contributed by atoms with Crippen LogP contribution in [0.25, 0.3) is 11.0 Å². The molecule has 3 N–H and O–H groups in total. The maximum absolute atomic E-state index is 6.09. The van der Waals surface area contributed by atoms with Gasteiger partial charge < -0.3 is 15.5 Å². The molecule has 1 aliphatic rings. The first-order valence-corrected chi connectivity index (χ1v) is 5.96. The van der Waals surface area contributed by atoms with Crippen molar-refractivity contribution in [2.45, 2.75) is 18.4 Å². The first-order valence-electron chi connectivity index (χ1n) is 5.59. The number of nitrogens with zero attached hydrogens (tertiary/aromatic N) is 1. The lowest BCUT2D eigenvalue weighted by Crippen LogP contribution is -2.42. The van der Waals surface area contributed by atoms with Gasteiger partial charge in [-0.25, -0.2) is 4.98 Å². The highest BCUT2D eigenvalue weighted by molar-refractivity contribution is 6.31. The predicted molar refractivity (Wildman–Crippen MR) is 67.3 cm³/mol. The van der Waals surface area contributed by atoms with Crippen LogP contribution in [0.3, 0.4) is 0 Å². The van der Waals surface area contributed by atoms with Crippen LogP contribution in [0.15, 0.2) is 18.2 Å². The van der Waals surface area contributed by atoms with Crippen molar-refractivity contribution in [1.29, 1.82) is 0 Å². The molecule has 0 aliphatic carbocycles. The molecule has 5 heteroatoms. The summed E-state index contributed by atoms with van der Waals surface area (Å²) in [6.45, 7) is 3.25. The van der Waals surface area contributed by atoms with E-state index in [0.717, 1.165) is 16.9 Å². The number of ether oxygens (including phenoxy) is 1. The molecule has 1 aliphatic heterocycles. The van der Waals surface area contributed by atoms with E-state index in [2.05, 4.69) is 16.9 Å². The molecule has 1 fully saturated rings. The number of halogens is 1. The van der Waals surface area contributed by atoms with Crippen LogP contribution >= 0.6 is 11.6 Å². The van der Waals surface area contributed by atoms with Gasteiger partial charge in [0.25, 0.3) is 0 Å². The quantitative estimate of drug-likeness (QED) is 0.813. The van der Waals surface area contributed by atoms with Gasteiger partial charge >= 0.3 is 0 Å². The summed E-state index contributed by atoms with van der Waals surface area (Å²) in [6.07, 6.45) is 0. The zero-order valence-electron chi connectivity index (χ0n) is 9.53. The first-order chi connectivity index (χ1) is 8.09. The maximum Gasteiger partial charge on any atom is 0.117 e. The van der Waals surface area contributed by atoms with Gasteiger partial charge in [0.15, 0.2) is 0 Å². The van der Waals surface area contributed by atoms with Crippen molar-refractivity contribution in [2.75, 3.05) is 13.2 Å². The molecule has 1 aromatic heterocycles. The van der Waals surface area contributed by atoms with Crippen molar-refractivity contribution in [3.63, 3.8) is 0 Å². The van der Waals surface area contributed by atoms with E-state index in [1.807, 2.05) is 18.2 Å². The fourth-order valence-electron chi connectivity index (χ4n) is 2.19. The van der Waals surface area contributed by atoms with Gasteiger partial charge in [-0.15, -0.1) is 0 Å². The Morgan fingerprint density at radius 1 is 1.59 bits per heavy atom. The van der Waals surface area contributed by atoms with Crippen LogP contribution in [0.4, 0.5) is 0 Å². The zero-order chi connectivity index (χ0) is 12.0. The van der Waals surface area contributed by atoms with Crippen LogP contribution in [-0.4, -0.2) is 29.2 Å². The highest BCUT2D eigenvalue weighted by Crippen LogP contribution is 2.31. The van der Waals surface area contributed by atoms with Gasteiger partial charge in [0, 0.05) is 11.1 Å². The lowest BCUT2D eigenvalue weighted by atomic mass is 9.85. The molecular formula is C12H14ClN3O. The third-order valence-electron chi connectivity index (χ3n) is 3.50.